The number of ether oxygens (including phenoxy) is 1. The topological polar surface area (TPSA) is 38.3 Å². The average Bonchev–Trinajstić information content (AvgIpc) is 2.48. The third kappa shape index (κ3) is 4.07. The van der Waals surface area contributed by atoms with Crippen molar-refractivity contribution in [2.45, 2.75) is 26.3 Å². The number of amides is 1. The van der Waals surface area contributed by atoms with E-state index in [9.17, 15) is 9.18 Å². The van der Waals surface area contributed by atoms with Gasteiger partial charge in [-0.1, -0.05) is 24.3 Å². The third-order valence-corrected chi connectivity index (χ3v) is 3.57. The predicted molar refractivity (Wildman–Crippen MR) is 84.4 cm³/mol. The maximum atomic E-state index is 12.9. The molecule has 0 aliphatic rings. The minimum Gasteiger partial charge on any atom is -0.496 e. The second-order valence-electron chi connectivity index (χ2n) is 5.32. The monoisotopic (exact) mass is 301 g/mol. The lowest BCUT2D eigenvalue weighted by Crippen LogP contribution is -2.28. The average molecular weight is 301 g/mol. The number of methoxy groups -OCH3 is 1. The second kappa shape index (κ2) is 7.07. The molecule has 0 spiro atoms. The first kappa shape index (κ1) is 16.0. The molecule has 1 atom stereocenters. The molecule has 0 aliphatic carbocycles. The summed E-state index contributed by atoms with van der Waals surface area (Å²) >= 11 is 0. The van der Waals surface area contributed by atoms with E-state index in [0.717, 1.165) is 22.4 Å². The second-order valence-corrected chi connectivity index (χ2v) is 5.32. The summed E-state index contributed by atoms with van der Waals surface area (Å²) in [5.74, 6) is 0.459. The first-order valence-corrected chi connectivity index (χ1v) is 7.18. The zero-order chi connectivity index (χ0) is 16.1. The molecule has 22 heavy (non-hydrogen) atoms. The van der Waals surface area contributed by atoms with E-state index in [0.29, 0.717) is 6.42 Å². The Hall–Kier alpha value is -2.36. The normalized spacial score (nSPS) is 11.8. The van der Waals surface area contributed by atoms with E-state index in [-0.39, 0.29) is 17.8 Å². The number of rotatable bonds is 5. The lowest BCUT2D eigenvalue weighted by molar-refractivity contribution is -0.121. The highest BCUT2D eigenvalue weighted by Crippen LogP contribution is 2.19. The fourth-order valence-corrected chi connectivity index (χ4v) is 2.36. The molecule has 4 heteroatoms. The van der Waals surface area contributed by atoms with E-state index >= 15 is 0 Å². The molecular weight excluding hydrogens is 281 g/mol. The van der Waals surface area contributed by atoms with E-state index in [1.807, 2.05) is 32.0 Å². The van der Waals surface area contributed by atoms with E-state index < -0.39 is 0 Å². The smallest absolute Gasteiger partial charge is 0.224 e. The van der Waals surface area contributed by atoms with E-state index in [1.165, 1.54) is 12.1 Å². The molecule has 0 bridgehead atoms. The van der Waals surface area contributed by atoms with Crippen molar-refractivity contribution in [3.8, 4) is 5.75 Å². The van der Waals surface area contributed by atoms with Crippen LogP contribution in [0.15, 0.2) is 42.5 Å². The van der Waals surface area contributed by atoms with Crippen LogP contribution in [0.25, 0.3) is 0 Å². The van der Waals surface area contributed by atoms with Crippen molar-refractivity contribution in [1.82, 2.24) is 5.32 Å². The van der Waals surface area contributed by atoms with Gasteiger partial charge in [0.2, 0.25) is 5.91 Å². The van der Waals surface area contributed by atoms with Gasteiger partial charge >= 0.3 is 0 Å². The van der Waals surface area contributed by atoms with Crippen LogP contribution in [0.3, 0.4) is 0 Å². The van der Waals surface area contributed by atoms with Crippen molar-refractivity contribution < 1.29 is 13.9 Å². The van der Waals surface area contributed by atoms with Gasteiger partial charge in [0, 0.05) is 0 Å². The molecule has 0 saturated heterocycles. The Kier molecular flexibility index (Phi) is 5.15. The van der Waals surface area contributed by atoms with Crippen LogP contribution in [0.5, 0.6) is 5.75 Å². The lowest BCUT2D eigenvalue weighted by atomic mass is 10.1. The Labute approximate surface area is 130 Å². The van der Waals surface area contributed by atoms with E-state index in [2.05, 4.69) is 5.32 Å². The molecule has 3 nitrogen and oxygen atoms in total. The molecule has 0 aliphatic heterocycles. The van der Waals surface area contributed by atoms with Crippen molar-refractivity contribution in [2.24, 2.45) is 0 Å². The van der Waals surface area contributed by atoms with Crippen molar-refractivity contribution in [2.75, 3.05) is 7.11 Å². The van der Waals surface area contributed by atoms with Gasteiger partial charge in [-0.3, -0.25) is 4.79 Å². The molecule has 0 unspecified atom stereocenters. The van der Waals surface area contributed by atoms with Crippen LogP contribution in [0, 0.1) is 12.7 Å². The lowest BCUT2D eigenvalue weighted by Gasteiger charge is -2.15. The Morgan fingerprint density at radius 1 is 1.23 bits per heavy atom. The fraction of sp³-hybridized carbons (Fsp3) is 0.278. The highest BCUT2D eigenvalue weighted by atomic mass is 19.1. The minimum absolute atomic E-state index is 0.0682. The summed E-state index contributed by atoms with van der Waals surface area (Å²) in [5.41, 5.74) is 2.81. The van der Waals surface area contributed by atoms with Gasteiger partial charge in [-0.15, -0.1) is 0 Å². The third-order valence-electron chi connectivity index (χ3n) is 3.57. The Bertz CT molecular complexity index is 653. The molecule has 1 amide bonds. The van der Waals surface area contributed by atoms with Crippen LogP contribution in [0.1, 0.15) is 29.7 Å². The van der Waals surface area contributed by atoms with Gasteiger partial charge in [-0.2, -0.15) is 0 Å². The Morgan fingerprint density at radius 2 is 1.91 bits per heavy atom. The van der Waals surface area contributed by atoms with Gasteiger partial charge in [0.1, 0.15) is 11.6 Å². The van der Waals surface area contributed by atoms with Crippen LogP contribution in [0.2, 0.25) is 0 Å². The number of nitrogens with one attached hydrogen (secondary N) is 1. The molecule has 0 radical (unpaired) electrons. The van der Waals surface area contributed by atoms with Crippen molar-refractivity contribution in [3.05, 3.63) is 65.0 Å². The summed E-state index contributed by atoms with van der Waals surface area (Å²) in [7, 11) is 1.62. The maximum Gasteiger partial charge on any atom is 0.224 e. The maximum absolute atomic E-state index is 12.9. The molecule has 2 aromatic carbocycles. The van der Waals surface area contributed by atoms with Gasteiger partial charge in [-0.05, 0) is 48.7 Å². The number of halogens is 1. The van der Waals surface area contributed by atoms with Gasteiger partial charge < -0.3 is 10.1 Å². The first-order chi connectivity index (χ1) is 10.5. The number of aryl methyl sites for hydroxylation is 1. The van der Waals surface area contributed by atoms with E-state index in [1.54, 1.807) is 19.2 Å². The standard InChI is InChI=1S/C18H20FNO2/c1-12-10-14(4-9-17(12)22-3)11-18(21)20-13(2)15-5-7-16(19)8-6-15/h4-10,13H,11H2,1-3H3,(H,20,21)/t13-/m1/s1. The molecule has 0 aromatic heterocycles. The highest BCUT2D eigenvalue weighted by molar-refractivity contribution is 5.79. The summed E-state index contributed by atoms with van der Waals surface area (Å²) < 4.78 is 18.1. The predicted octanol–water partition coefficient (Wildman–Crippen LogP) is 3.56. The van der Waals surface area contributed by atoms with Crippen LogP contribution < -0.4 is 10.1 Å². The van der Waals surface area contributed by atoms with Gasteiger partial charge in [0.05, 0.1) is 19.6 Å². The summed E-state index contributed by atoms with van der Waals surface area (Å²) in [5, 5.41) is 2.92. The number of carbonyl (C=O) groups excluding carboxylic acids is 1. The van der Waals surface area contributed by atoms with Crippen LogP contribution in [0.4, 0.5) is 4.39 Å². The summed E-state index contributed by atoms with van der Waals surface area (Å²) in [6.07, 6.45) is 0.302. The number of hydrogen-bond acceptors (Lipinski definition) is 2. The van der Waals surface area contributed by atoms with Crippen molar-refractivity contribution in [1.29, 1.82) is 0 Å². The number of carbonyl (C=O) groups is 1. The van der Waals surface area contributed by atoms with Gasteiger partial charge in [0.25, 0.3) is 0 Å². The first-order valence-electron chi connectivity index (χ1n) is 7.18. The molecule has 2 aromatic rings. The van der Waals surface area contributed by atoms with Crippen LogP contribution in [-0.4, -0.2) is 13.0 Å². The zero-order valence-electron chi connectivity index (χ0n) is 13.0. The molecule has 2 rings (SSSR count). The molecule has 0 saturated carbocycles. The fourth-order valence-electron chi connectivity index (χ4n) is 2.36. The quantitative estimate of drug-likeness (QED) is 0.917. The van der Waals surface area contributed by atoms with E-state index in [4.69, 9.17) is 4.74 Å². The summed E-state index contributed by atoms with van der Waals surface area (Å²) in [6.45, 7) is 3.83. The zero-order valence-corrected chi connectivity index (χ0v) is 13.0. The highest BCUT2D eigenvalue weighted by Gasteiger charge is 2.11. The molecule has 116 valence electrons. The van der Waals surface area contributed by atoms with Crippen LogP contribution >= 0.6 is 0 Å². The Morgan fingerprint density at radius 3 is 2.50 bits per heavy atom. The molecule has 0 fully saturated rings. The Balaban J connectivity index is 1.97. The molecule has 1 N–H and O–H groups in total. The molecular formula is C18H20FNO2. The molecule has 0 heterocycles. The van der Waals surface area contributed by atoms with Crippen molar-refractivity contribution in [3.63, 3.8) is 0 Å². The summed E-state index contributed by atoms with van der Waals surface area (Å²) in [4.78, 5) is 12.1. The number of hydrogen-bond donors (Lipinski definition) is 1. The summed E-state index contributed by atoms with van der Waals surface area (Å²) in [6, 6.07) is 11.7. The largest absolute Gasteiger partial charge is 0.496 e. The van der Waals surface area contributed by atoms with Crippen molar-refractivity contribution >= 4 is 5.91 Å². The minimum atomic E-state index is -0.281. The SMILES string of the molecule is COc1ccc(CC(=O)N[C@H](C)c2ccc(F)cc2)cc1C. The van der Waals surface area contributed by atoms with Gasteiger partial charge in [-0.25, -0.2) is 4.39 Å². The van der Waals surface area contributed by atoms with Gasteiger partial charge in [0.15, 0.2) is 0 Å². The van der Waals surface area contributed by atoms with Crippen LogP contribution in [-0.2, 0) is 11.2 Å². The number of benzene rings is 2.